The Labute approximate surface area is 158 Å². The number of hydrogen-bond donors (Lipinski definition) is 3. The summed E-state index contributed by atoms with van der Waals surface area (Å²) >= 11 is 1.26. The third-order valence-electron chi connectivity index (χ3n) is 2.80. The Morgan fingerprint density at radius 3 is 1.84 bits per heavy atom. The van der Waals surface area contributed by atoms with Crippen LogP contribution in [0.2, 0.25) is 0 Å². The summed E-state index contributed by atoms with van der Waals surface area (Å²) in [7, 11) is 0. The average Bonchev–Trinajstić information content (AvgIpc) is 2.61. The first-order chi connectivity index (χ1) is 11.8. The molecule has 0 rings (SSSR count). The number of thioether (sulfide) groups is 1. The van der Waals surface area contributed by atoms with Crippen molar-refractivity contribution in [3.63, 3.8) is 0 Å². The summed E-state index contributed by atoms with van der Waals surface area (Å²) in [6.45, 7) is 16.3. The van der Waals surface area contributed by atoms with Gasteiger partial charge in [-0.1, -0.05) is 41.5 Å². The summed E-state index contributed by atoms with van der Waals surface area (Å²) in [6, 6.07) is -0.610. The van der Waals surface area contributed by atoms with Gasteiger partial charge in [0.25, 0.3) is 0 Å². The molecule has 0 aliphatic heterocycles. The van der Waals surface area contributed by atoms with E-state index in [1.807, 2.05) is 41.5 Å². The third kappa shape index (κ3) is 14.9. The standard InChI is InChI=1S/C14H27N3O3S.2C2H6/c1-5-16-12(18)7-11(14(20)17-6-2)21-8-10(15)13(19)9(3)4;2*1-2/h9-11H,5-8,15H2,1-4H3,(H,16,18)(H,17,20);2*1-2H3. The molecule has 25 heavy (non-hydrogen) atoms. The molecule has 2 atom stereocenters. The highest BCUT2D eigenvalue weighted by Crippen LogP contribution is 2.17. The van der Waals surface area contributed by atoms with Gasteiger partial charge in [-0.15, -0.1) is 11.8 Å². The minimum atomic E-state index is -0.610. The maximum absolute atomic E-state index is 12.0. The number of ketones is 1. The lowest BCUT2D eigenvalue weighted by atomic mass is 10.0. The number of carbonyl (C=O) groups excluding carboxylic acids is 3. The number of nitrogens with two attached hydrogens (primary N) is 1. The molecule has 0 bridgehead atoms. The predicted octanol–water partition coefficient (Wildman–Crippen LogP) is 2.36. The van der Waals surface area contributed by atoms with Crippen LogP contribution in [0.1, 0.15) is 61.8 Å². The number of amides is 2. The number of carbonyl (C=O) groups is 3. The van der Waals surface area contributed by atoms with Gasteiger partial charge >= 0.3 is 0 Å². The average molecular weight is 378 g/mol. The fourth-order valence-corrected chi connectivity index (χ4v) is 2.79. The van der Waals surface area contributed by atoms with E-state index >= 15 is 0 Å². The second-order valence-electron chi connectivity index (χ2n) is 5.04. The van der Waals surface area contributed by atoms with E-state index in [2.05, 4.69) is 10.6 Å². The Balaban J connectivity index is -0.00000112. The molecule has 0 aliphatic carbocycles. The monoisotopic (exact) mass is 377 g/mol. The maximum Gasteiger partial charge on any atom is 0.233 e. The van der Waals surface area contributed by atoms with Crippen molar-refractivity contribution in [2.75, 3.05) is 18.8 Å². The summed E-state index contributed by atoms with van der Waals surface area (Å²) in [5.41, 5.74) is 5.83. The molecule has 0 radical (unpaired) electrons. The molecule has 0 spiro atoms. The van der Waals surface area contributed by atoms with Crippen molar-refractivity contribution in [1.82, 2.24) is 10.6 Å². The molecule has 0 saturated heterocycles. The molecular formula is C18H39N3O3S. The van der Waals surface area contributed by atoms with Gasteiger partial charge in [-0.2, -0.15) is 0 Å². The third-order valence-corrected chi connectivity index (χ3v) is 4.13. The summed E-state index contributed by atoms with van der Waals surface area (Å²) in [4.78, 5) is 35.4. The van der Waals surface area contributed by atoms with Crippen molar-refractivity contribution in [2.24, 2.45) is 11.7 Å². The van der Waals surface area contributed by atoms with E-state index in [1.54, 1.807) is 13.8 Å². The van der Waals surface area contributed by atoms with E-state index in [-0.39, 0.29) is 29.9 Å². The molecule has 4 N–H and O–H groups in total. The Hall–Kier alpha value is -1.08. The van der Waals surface area contributed by atoms with Crippen LogP contribution < -0.4 is 16.4 Å². The highest BCUT2D eigenvalue weighted by Gasteiger charge is 2.25. The fourth-order valence-electron chi connectivity index (χ4n) is 1.68. The Morgan fingerprint density at radius 2 is 1.44 bits per heavy atom. The SMILES string of the molecule is CC.CC.CCNC(=O)CC(SCC(N)C(=O)C(C)C)C(=O)NCC. The van der Waals surface area contributed by atoms with Gasteiger partial charge in [-0.25, -0.2) is 0 Å². The van der Waals surface area contributed by atoms with Gasteiger partial charge in [0, 0.05) is 31.2 Å². The molecule has 6 nitrogen and oxygen atoms in total. The summed E-state index contributed by atoms with van der Waals surface area (Å²) < 4.78 is 0. The second kappa shape index (κ2) is 19.2. The molecule has 0 aromatic carbocycles. The lowest BCUT2D eigenvalue weighted by Gasteiger charge is -2.18. The van der Waals surface area contributed by atoms with Gasteiger partial charge in [0.1, 0.15) is 0 Å². The minimum Gasteiger partial charge on any atom is -0.356 e. The molecule has 0 aromatic rings. The molecule has 0 heterocycles. The largest absolute Gasteiger partial charge is 0.356 e. The quantitative estimate of drug-likeness (QED) is 0.542. The zero-order valence-electron chi connectivity index (χ0n) is 17.3. The predicted molar refractivity (Wildman–Crippen MR) is 109 cm³/mol. The zero-order valence-corrected chi connectivity index (χ0v) is 18.1. The van der Waals surface area contributed by atoms with Crippen LogP contribution in [0.5, 0.6) is 0 Å². The molecule has 0 saturated carbocycles. The van der Waals surface area contributed by atoms with E-state index in [4.69, 9.17) is 5.73 Å². The van der Waals surface area contributed by atoms with Crippen LogP contribution in [0.15, 0.2) is 0 Å². The van der Waals surface area contributed by atoms with Crippen LogP contribution in [0.4, 0.5) is 0 Å². The molecule has 2 amide bonds. The first-order valence-electron chi connectivity index (χ1n) is 9.28. The Morgan fingerprint density at radius 1 is 0.960 bits per heavy atom. The van der Waals surface area contributed by atoms with E-state index in [0.717, 1.165) is 0 Å². The molecule has 0 fully saturated rings. The summed E-state index contributed by atoms with van der Waals surface area (Å²) in [5.74, 6) is -0.205. The lowest BCUT2D eigenvalue weighted by Crippen LogP contribution is -2.40. The topological polar surface area (TPSA) is 101 Å². The molecular weight excluding hydrogens is 338 g/mol. The highest BCUT2D eigenvalue weighted by atomic mass is 32.2. The maximum atomic E-state index is 12.0. The van der Waals surface area contributed by atoms with Gasteiger partial charge in [0.05, 0.1) is 11.3 Å². The summed E-state index contributed by atoms with van der Waals surface area (Å²) in [6.07, 6.45) is 0.0902. The van der Waals surface area contributed by atoms with Crippen LogP contribution >= 0.6 is 11.8 Å². The summed E-state index contributed by atoms with van der Waals surface area (Å²) in [5, 5.41) is 4.85. The van der Waals surface area contributed by atoms with Gasteiger partial charge in [0.15, 0.2) is 5.78 Å². The number of nitrogens with one attached hydrogen (secondary N) is 2. The smallest absolute Gasteiger partial charge is 0.233 e. The first kappa shape index (κ1) is 28.7. The number of rotatable bonds is 10. The minimum absolute atomic E-state index is 0.0323. The number of Topliss-reactive ketones (excluding diaryl/α,β-unsaturated/α-hetero) is 1. The van der Waals surface area contributed by atoms with E-state index in [1.165, 1.54) is 11.8 Å². The van der Waals surface area contributed by atoms with E-state index in [0.29, 0.717) is 18.8 Å². The van der Waals surface area contributed by atoms with Gasteiger partial charge in [0.2, 0.25) is 11.8 Å². The van der Waals surface area contributed by atoms with Crippen LogP contribution in [0.3, 0.4) is 0 Å². The van der Waals surface area contributed by atoms with Crippen molar-refractivity contribution in [1.29, 1.82) is 0 Å². The van der Waals surface area contributed by atoms with Crippen molar-refractivity contribution < 1.29 is 14.4 Å². The zero-order chi connectivity index (χ0) is 20.4. The normalized spacial score (nSPS) is 11.9. The van der Waals surface area contributed by atoms with Crippen LogP contribution in [0, 0.1) is 5.92 Å². The van der Waals surface area contributed by atoms with E-state index < -0.39 is 11.3 Å². The molecule has 0 aliphatic rings. The van der Waals surface area contributed by atoms with Gasteiger partial charge < -0.3 is 16.4 Å². The van der Waals surface area contributed by atoms with Crippen molar-refractivity contribution in [3.05, 3.63) is 0 Å². The lowest BCUT2D eigenvalue weighted by molar-refractivity contribution is -0.125. The Kier molecular flexibility index (Phi) is 22.1. The van der Waals surface area contributed by atoms with Crippen molar-refractivity contribution in [2.45, 2.75) is 73.1 Å². The van der Waals surface area contributed by atoms with Gasteiger partial charge in [-0.3, -0.25) is 14.4 Å². The van der Waals surface area contributed by atoms with Crippen LogP contribution in [-0.2, 0) is 14.4 Å². The van der Waals surface area contributed by atoms with Crippen molar-refractivity contribution in [3.8, 4) is 0 Å². The first-order valence-corrected chi connectivity index (χ1v) is 10.3. The van der Waals surface area contributed by atoms with Crippen molar-refractivity contribution >= 4 is 29.4 Å². The number of hydrogen-bond acceptors (Lipinski definition) is 5. The molecule has 150 valence electrons. The highest BCUT2D eigenvalue weighted by molar-refractivity contribution is 8.00. The van der Waals surface area contributed by atoms with Gasteiger partial charge in [-0.05, 0) is 13.8 Å². The fraction of sp³-hybridized carbons (Fsp3) is 0.833. The van der Waals surface area contributed by atoms with E-state index in [9.17, 15) is 14.4 Å². The second-order valence-corrected chi connectivity index (χ2v) is 6.27. The van der Waals surface area contributed by atoms with Crippen LogP contribution in [-0.4, -0.2) is 47.7 Å². The van der Waals surface area contributed by atoms with Crippen LogP contribution in [0.25, 0.3) is 0 Å². The molecule has 7 heteroatoms. The Bertz CT molecular complexity index is 363. The molecule has 0 aromatic heterocycles. The molecule has 2 unspecified atom stereocenters.